The molecule has 116 valence electrons. The standard InChI is InChI=1S/C16H30N2O2/c17-15-10-6-2-5-9-14(15)16(19)18-11-12-20-13-7-3-1-4-8-13/h13-15H,1-12,17H2,(H,18,19). The molecule has 0 aromatic heterocycles. The lowest BCUT2D eigenvalue weighted by molar-refractivity contribution is -0.126. The van der Waals surface area contributed by atoms with Gasteiger partial charge in [-0.15, -0.1) is 0 Å². The Hall–Kier alpha value is -0.610. The predicted octanol–water partition coefficient (Wildman–Crippen LogP) is 2.36. The van der Waals surface area contributed by atoms with E-state index in [0.29, 0.717) is 19.3 Å². The fourth-order valence-corrected chi connectivity index (χ4v) is 3.42. The minimum atomic E-state index is 0.00665. The van der Waals surface area contributed by atoms with Gasteiger partial charge in [0, 0.05) is 12.6 Å². The summed E-state index contributed by atoms with van der Waals surface area (Å²) < 4.78 is 5.83. The van der Waals surface area contributed by atoms with E-state index in [1.807, 2.05) is 0 Å². The van der Waals surface area contributed by atoms with Crippen molar-refractivity contribution in [1.29, 1.82) is 0 Å². The summed E-state index contributed by atoms with van der Waals surface area (Å²) in [5, 5.41) is 3.01. The average Bonchev–Trinajstić information content (AvgIpc) is 2.69. The Morgan fingerprint density at radius 3 is 2.40 bits per heavy atom. The summed E-state index contributed by atoms with van der Waals surface area (Å²) in [7, 11) is 0. The molecule has 0 saturated heterocycles. The quantitative estimate of drug-likeness (QED) is 0.601. The molecule has 0 heterocycles. The SMILES string of the molecule is NC1CCCCCC1C(=O)NCCOC1CCCCC1. The number of hydrogen-bond acceptors (Lipinski definition) is 3. The van der Waals surface area contributed by atoms with Crippen molar-refractivity contribution in [3.05, 3.63) is 0 Å². The minimum Gasteiger partial charge on any atom is -0.376 e. The van der Waals surface area contributed by atoms with Crippen molar-refractivity contribution in [2.45, 2.75) is 76.4 Å². The highest BCUT2D eigenvalue weighted by molar-refractivity contribution is 5.79. The van der Waals surface area contributed by atoms with Gasteiger partial charge in [-0.1, -0.05) is 38.5 Å². The smallest absolute Gasteiger partial charge is 0.224 e. The Morgan fingerprint density at radius 1 is 1.00 bits per heavy atom. The monoisotopic (exact) mass is 282 g/mol. The molecule has 2 unspecified atom stereocenters. The molecule has 1 amide bonds. The first-order chi connectivity index (χ1) is 9.77. The van der Waals surface area contributed by atoms with Crippen molar-refractivity contribution in [1.82, 2.24) is 5.32 Å². The van der Waals surface area contributed by atoms with E-state index in [-0.39, 0.29) is 17.9 Å². The molecule has 2 aliphatic rings. The Kier molecular flexibility index (Phi) is 6.80. The van der Waals surface area contributed by atoms with E-state index in [2.05, 4.69) is 5.32 Å². The molecular weight excluding hydrogens is 252 g/mol. The van der Waals surface area contributed by atoms with Gasteiger partial charge in [0.15, 0.2) is 0 Å². The van der Waals surface area contributed by atoms with Crippen molar-refractivity contribution in [2.24, 2.45) is 11.7 Å². The van der Waals surface area contributed by atoms with Gasteiger partial charge < -0.3 is 15.8 Å². The molecule has 0 aliphatic heterocycles. The third-order valence-electron chi connectivity index (χ3n) is 4.71. The summed E-state index contributed by atoms with van der Waals surface area (Å²) in [5.41, 5.74) is 6.11. The maximum Gasteiger partial charge on any atom is 0.224 e. The van der Waals surface area contributed by atoms with E-state index >= 15 is 0 Å². The second-order valence-electron chi connectivity index (χ2n) is 6.33. The highest BCUT2D eigenvalue weighted by atomic mass is 16.5. The first-order valence-corrected chi connectivity index (χ1v) is 8.42. The maximum atomic E-state index is 12.2. The van der Waals surface area contributed by atoms with E-state index in [0.717, 1.165) is 25.7 Å². The lowest BCUT2D eigenvalue weighted by Crippen LogP contribution is -2.42. The Labute approximate surface area is 122 Å². The van der Waals surface area contributed by atoms with Gasteiger partial charge in [0.2, 0.25) is 5.91 Å². The van der Waals surface area contributed by atoms with Crippen LogP contribution in [0.15, 0.2) is 0 Å². The highest BCUT2D eigenvalue weighted by Crippen LogP contribution is 2.22. The largest absolute Gasteiger partial charge is 0.376 e. The second-order valence-corrected chi connectivity index (χ2v) is 6.33. The first kappa shape index (κ1) is 15.8. The third-order valence-corrected chi connectivity index (χ3v) is 4.71. The molecule has 2 atom stereocenters. The number of carbonyl (C=O) groups is 1. The van der Waals surface area contributed by atoms with E-state index in [1.165, 1.54) is 38.5 Å². The van der Waals surface area contributed by atoms with E-state index in [1.54, 1.807) is 0 Å². The van der Waals surface area contributed by atoms with E-state index in [9.17, 15) is 4.79 Å². The predicted molar refractivity (Wildman–Crippen MR) is 80.4 cm³/mol. The maximum absolute atomic E-state index is 12.2. The summed E-state index contributed by atoms with van der Waals surface area (Å²) in [6.07, 6.45) is 12.1. The van der Waals surface area contributed by atoms with Crippen molar-refractivity contribution in [3.63, 3.8) is 0 Å². The average molecular weight is 282 g/mol. The number of hydrogen-bond donors (Lipinski definition) is 2. The molecule has 0 bridgehead atoms. The number of rotatable bonds is 5. The number of nitrogens with one attached hydrogen (secondary N) is 1. The number of amides is 1. The van der Waals surface area contributed by atoms with Gasteiger partial charge in [-0.05, 0) is 25.7 Å². The molecule has 0 aromatic carbocycles. The van der Waals surface area contributed by atoms with Crippen LogP contribution in [0, 0.1) is 5.92 Å². The van der Waals surface area contributed by atoms with Gasteiger partial charge in [0.1, 0.15) is 0 Å². The van der Waals surface area contributed by atoms with Crippen LogP contribution in [0.5, 0.6) is 0 Å². The van der Waals surface area contributed by atoms with Gasteiger partial charge in [-0.25, -0.2) is 0 Å². The van der Waals surface area contributed by atoms with Crippen molar-refractivity contribution in [3.8, 4) is 0 Å². The van der Waals surface area contributed by atoms with Crippen molar-refractivity contribution >= 4 is 5.91 Å². The van der Waals surface area contributed by atoms with Crippen molar-refractivity contribution < 1.29 is 9.53 Å². The fourth-order valence-electron chi connectivity index (χ4n) is 3.42. The molecule has 3 N–H and O–H groups in total. The Bertz CT molecular complexity index is 290. The number of nitrogens with two attached hydrogens (primary N) is 1. The Balaban J connectivity index is 1.61. The summed E-state index contributed by atoms with van der Waals surface area (Å²) in [4.78, 5) is 12.2. The lowest BCUT2D eigenvalue weighted by Gasteiger charge is -2.23. The van der Waals surface area contributed by atoms with Crippen LogP contribution >= 0.6 is 0 Å². The molecule has 2 rings (SSSR count). The van der Waals surface area contributed by atoms with Gasteiger partial charge in [0.25, 0.3) is 0 Å². The van der Waals surface area contributed by atoms with Gasteiger partial charge in [-0.3, -0.25) is 4.79 Å². The highest BCUT2D eigenvalue weighted by Gasteiger charge is 2.26. The van der Waals surface area contributed by atoms with E-state index in [4.69, 9.17) is 10.5 Å². The zero-order valence-corrected chi connectivity index (χ0v) is 12.6. The van der Waals surface area contributed by atoms with Crippen LogP contribution < -0.4 is 11.1 Å². The second kappa shape index (κ2) is 8.63. The van der Waals surface area contributed by atoms with E-state index < -0.39 is 0 Å². The molecule has 2 saturated carbocycles. The van der Waals surface area contributed by atoms with Gasteiger partial charge in [0.05, 0.1) is 18.6 Å². The van der Waals surface area contributed by atoms with Crippen LogP contribution in [0.3, 0.4) is 0 Å². The molecule has 4 heteroatoms. The molecule has 0 aromatic rings. The summed E-state index contributed by atoms with van der Waals surface area (Å²) >= 11 is 0. The molecule has 20 heavy (non-hydrogen) atoms. The zero-order chi connectivity index (χ0) is 14.2. The van der Waals surface area contributed by atoms with Crippen LogP contribution in [0.4, 0.5) is 0 Å². The molecule has 4 nitrogen and oxygen atoms in total. The van der Waals surface area contributed by atoms with Crippen LogP contribution in [0.25, 0.3) is 0 Å². The minimum absolute atomic E-state index is 0.00665. The topological polar surface area (TPSA) is 64.4 Å². The molecule has 2 fully saturated rings. The normalized spacial score (nSPS) is 28.9. The van der Waals surface area contributed by atoms with Crippen molar-refractivity contribution in [2.75, 3.05) is 13.2 Å². The van der Waals surface area contributed by atoms with Crippen LogP contribution in [-0.2, 0) is 9.53 Å². The summed E-state index contributed by atoms with van der Waals surface area (Å²) in [6, 6.07) is 0.0387. The third kappa shape index (κ3) is 5.06. The molecule has 2 aliphatic carbocycles. The molecule has 0 radical (unpaired) electrons. The van der Waals surface area contributed by atoms with Crippen LogP contribution in [-0.4, -0.2) is 31.2 Å². The number of carbonyl (C=O) groups excluding carboxylic acids is 1. The number of ether oxygens (including phenoxy) is 1. The Morgan fingerprint density at radius 2 is 1.65 bits per heavy atom. The molecule has 0 spiro atoms. The summed E-state index contributed by atoms with van der Waals surface area (Å²) in [6.45, 7) is 1.26. The summed E-state index contributed by atoms with van der Waals surface area (Å²) in [5.74, 6) is 0.138. The zero-order valence-electron chi connectivity index (χ0n) is 12.6. The van der Waals surface area contributed by atoms with Crippen LogP contribution in [0.1, 0.15) is 64.2 Å². The van der Waals surface area contributed by atoms with Crippen LogP contribution in [0.2, 0.25) is 0 Å². The lowest BCUT2D eigenvalue weighted by atomic mass is 9.94. The first-order valence-electron chi connectivity index (χ1n) is 8.42. The molecular formula is C16H30N2O2. The van der Waals surface area contributed by atoms with Gasteiger partial charge in [-0.2, -0.15) is 0 Å². The fraction of sp³-hybridized carbons (Fsp3) is 0.938. The van der Waals surface area contributed by atoms with Gasteiger partial charge >= 0.3 is 0 Å².